The lowest BCUT2D eigenvalue weighted by atomic mass is 9.91. The predicted molar refractivity (Wildman–Crippen MR) is 150 cm³/mol. The maximum atomic E-state index is 12.2. The summed E-state index contributed by atoms with van der Waals surface area (Å²) in [4.78, 5) is 44.8. The fourth-order valence-electron chi connectivity index (χ4n) is 4.65. The molecule has 0 atom stereocenters. The van der Waals surface area contributed by atoms with Gasteiger partial charge in [-0.05, 0) is 36.8 Å². The zero-order chi connectivity index (χ0) is 27.4. The number of aromatic nitrogens is 4. The Bertz CT molecular complexity index is 1470. The topological polar surface area (TPSA) is 131 Å². The van der Waals surface area contributed by atoms with Crippen LogP contribution >= 0.6 is 11.3 Å². The van der Waals surface area contributed by atoms with Crippen molar-refractivity contribution < 1.29 is 19.1 Å². The van der Waals surface area contributed by atoms with E-state index in [9.17, 15) is 9.59 Å². The summed E-state index contributed by atoms with van der Waals surface area (Å²) in [5.74, 6) is 0.229. The minimum absolute atomic E-state index is 0.299. The molecule has 0 unspecified atom stereocenters. The van der Waals surface area contributed by atoms with Gasteiger partial charge in [0.2, 0.25) is 5.95 Å². The van der Waals surface area contributed by atoms with E-state index in [1.807, 2.05) is 42.2 Å². The van der Waals surface area contributed by atoms with Gasteiger partial charge in [-0.3, -0.25) is 10.3 Å². The molecule has 202 valence electrons. The molecule has 39 heavy (non-hydrogen) atoms. The molecule has 2 amide bonds. The summed E-state index contributed by atoms with van der Waals surface area (Å²) in [5.41, 5.74) is 3.22. The molecule has 0 spiro atoms. The zero-order valence-electron chi connectivity index (χ0n) is 21.9. The van der Waals surface area contributed by atoms with E-state index in [2.05, 4.69) is 30.6 Å². The van der Waals surface area contributed by atoms with Crippen LogP contribution in [0.5, 0.6) is 0 Å². The Labute approximate surface area is 229 Å². The number of rotatable bonds is 7. The third-order valence-electron chi connectivity index (χ3n) is 6.76. The number of amides is 2. The van der Waals surface area contributed by atoms with Crippen molar-refractivity contribution in [1.29, 1.82) is 0 Å². The van der Waals surface area contributed by atoms with E-state index in [1.54, 1.807) is 18.6 Å². The van der Waals surface area contributed by atoms with Crippen molar-refractivity contribution in [3.8, 4) is 22.4 Å². The molecule has 1 aromatic carbocycles. The molecule has 0 saturated carbocycles. The molecule has 12 heteroatoms. The number of nitrogens with one attached hydrogen (secondary N) is 2. The molecule has 1 fully saturated rings. The summed E-state index contributed by atoms with van der Waals surface area (Å²) >= 11 is 1.40. The van der Waals surface area contributed by atoms with Crippen LogP contribution in [0.4, 0.5) is 15.9 Å². The maximum Gasteiger partial charge on any atom is 0.338 e. The number of benzene rings is 1. The van der Waals surface area contributed by atoms with Crippen molar-refractivity contribution in [3.63, 3.8) is 0 Å². The number of piperidine rings is 1. The zero-order valence-corrected chi connectivity index (χ0v) is 22.7. The first-order chi connectivity index (χ1) is 19.0. The van der Waals surface area contributed by atoms with Gasteiger partial charge in [0.1, 0.15) is 0 Å². The Morgan fingerprint density at radius 1 is 1.08 bits per heavy atom. The summed E-state index contributed by atoms with van der Waals surface area (Å²) in [6, 6.07) is 9.45. The van der Waals surface area contributed by atoms with Gasteiger partial charge in [0, 0.05) is 69.3 Å². The third-order valence-corrected chi connectivity index (χ3v) is 7.78. The highest BCUT2D eigenvalue weighted by molar-refractivity contribution is 7.22. The normalized spacial score (nSPS) is 14.7. The number of urea groups is 1. The number of esters is 1. The van der Waals surface area contributed by atoms with Crippen LogP contribution in [0.1, 0.15) is 19.8 Å². The van der Waals surface area contributed by atoms with Crippen LogP contribution in [-0.4, -0.2) is 71.4 Å². The second kappa shape index (κ2) is 11.3. The SMILES string of the molecule is CCNC(=O)Nc1nc2cc(-c3cnc(N4CCC(OC)(C(=O)OC)CC4)nc3)cc(-c3ccccn3)c2s1. The highest BCUT2D eigenvalue weighted by atomic mass is 32.1. The second-order valence-electron chi connectivity index (χ2n) is 9.04. The van der Waals surface area contributed by atoms with E-state index in [0.717, 1.165) is 32.6 Å². The van der Waals surface area contributed by atoms with E-state index in [4.69, 9.17) is 9.47 Å². The van der Waals surface area contributed by atoms with E-state index in [1.165, 1.54) is 25.6 Å². The Hall–Kier alpha value is -4.16. The number of carbonyl (C=O) groups is 2. The monoisotopic (exact) mass is 547 g/mol. The van der Waals surface area contributed by atoms with Gasteiger partial charge in [0.15, 0.2) is 10.7 Å². The molecule has 0 radical (unpaired) electrons. The van der Waals surface area contributed by atoms with Crippen LogP contribution in [0.2, 0.25) is 0 Å². The number of pyridine rings is 1. The van der Waals surface area contributed by atoms with Crippen molar-refractivity contribution >= 4 is 44.6 Å². The van der Waals surface area contributed by atoms with Crippen molar-refractivity contribution in [2.45, 2.75) is 25.4 Å². The molecule has 1 aliphatic heterocycles. The predicted octanol–water partition coefficient (Wildman–Crippen LogP) is 4.12. The van der Waals surface area contributed by atoms with Crippen molar-refractivity contribution in [2.24, 2.45) is 0 Å². The number of fused-ring (bicyclic) bond motifs is 1. The van der Waals surface area contributed by atoms with E-state index >= 15 is 0 Å². The molecular formula is C27H29N7O4S. The average Bonchev–Trinajstić information content (AvgIpc) is 3.39. The lowest BCUT2D eigenvalue weighted by Gasteiger charge is -2.38. The summed E-state index contributed by atoms with van der Waals surface area (Å²) in [7, 11) is 2.91. The molecule has 0 aliphatic carbocycles. The standard InChI is InChI=1S/C27H29N7O4S/c1-4-28-25(36)33-26-32-21-14-17(13-19(22(21)39-26)20-7-5-6-10-29-20)18-15-30-24(31-16-18)34-11-8-27(38-3,9-12-34)23(35)37-2/h5-7,10,13-16H,4,8-9,11-12H2,1-3H3,(H2,28,32,33,36). The van der Waals surface area contributed by atoms with Gasteiger partial charge in [-0.2, -0.15) is 0 Å². The largest absolute Gasteiger partial charge is 0.467 e. The van der Waals surface area contributed by atoms with Gasteiger partial charge in [-0.25, -0.2) is 24.5 Å². The number of hydrogen-bond acceptors (Lipinski definition) is 10. The fourth-order valence-corrected chi connectivity index (χ4v) is 5.61. The summed E-state index contributed by atoms with van der Waals surface area (Å²) < 4.78 is 11.4. The summed E-state index contributed by atoms with van der Waals surface area (Å²) in [5, 5.41) is 6.03. The Morgan fingerprint density at radius 3 is 2.49 bits per heavy atom. The number of ether oxygens (including phenoxy) is 2. The summed E-state index contributed by atoms with van der Waals surface area (Å²) in [6.07, 6.45) is 6.29. The van der Waals surface area contributed by atoms with Crippen molar-refractivity contribution in [2.75, 3.05) is 44.1 Å². The molecule has 3 aromatic heterocycles. The highest BCUT2D eigenvalue weighted by Gasteiger charge is 2.43. The second-order valence-corrected chi connectivity index (χ2v) is 10.0. The van der Waals surface area contributed by atoms with Crippen molar-refractivity contribution in [1.82, 2.24) is 25.3 Å². The number of methoxy groups -OCH3 is 2. The number of carbonyl (C=O) groups excluding carboxylic acids is 2. The van der Waals surface area contributed by atoms with Crippen LogP contribution in [0, 0.1) is 0 Å². The van der Waals surface area contributed by atoms with Gasteiger partial charge >= 0.3 is 12.0 Å². The van der Waals surface area contributed by atoms with Gasteiger partial charge in [0.05, 0.1) is 23.0 Å². The quantitative estimate of drug-likeness (QED) is 0.328. The smallest absolute Gasteiger partial charge is 0.338 e. The molecule has 4 aromatic rings. The van der Waals surface area contributed by atoms with Gasteiger partial charge in [-0.1, -0.05) is 17.4 Å². The van der Waals surface area contributed by atoms with Crippen LogP contribution < -0.4 is 15.5 Å². The lowest BCUT2D eigenvalue weighted by Crippen LogP contribution is -2.51. The van der Waals surface area contributed by atoms with Crippen LogP contribution in [0.15, 0.2) is 48.9 Å². The molecule has 2 N–H and O–H groups in total. The molecule has 5 rings (SSSR count). The minimum atomic E-state index is -0.930. The molecule has 1 aliphatic rings. The molecule has 0 bridgehead atoms. The molecule has 4 heterocycles. The number of hydrogen-bond donors (Lipinski definition) is 2. The van der Waals surface area contributed by atoms with E-state index < -0.39 is 5.60 Å². The molecular weight excluding hydrogens is 518 g/mol. The van der Waals surface area contributed by atoms with Crippen LogP contribution in [0.3, 0.4) is 0 Å². The van der Waals surface area contributed by atoms with E-state index in [0.29, 0.717) is 43.6 Å². The maximum absolute atomic E-state index is 12.2. The van der Waals surface area contributed by atoms with Gasteiger partial charge < -0.3 is 19.7 Å². The Morgan fingerprint density at radius 2 is 1.85 bits per heavy atom. The van der Waals surface area contributed by atoms with Gasteiger partial charge in [0.25, 0.3) is 0 Å². The first-order valence-corrected chi connectivity index (χ1v) is 13.4. The van der Waals surface area contributed by atoms with E-state index in [-0.39, 0.29) is 12.0 Å². The van der Waals surface area contributed by atoms with Gasteiger partial charge in [-0.15, -0.1) is 0 Å². The number of thiazole rings is 1. The fraction of sp³-hybridized carbons (Fsp3) is 0.333. The minimum Gasteiger partial charge on any atom is -0.467 e. The highest BCUT2D eigenvalue weighted by Crippen LogP contribution is 2.38. The number of nitrogens with zero attached hydrogens (tertiary/aromatic N) is 5. The Balaban J connectivity index is 1.43. The third kappa shape index (κ3) is 5.38. The Kier molecular flexibility index (Phi) is 7.66. The lowest BCUT2D eigenvalue weighted by molar-refractivity contribution is -0.168. The first-order valence-electron chi connectivity index (χ1n) is 12.6. The number of anilines is 2. The van der Waals surface area contributed by atoms with Crippen LogP contribution in [0.25, 0.3) is 32.6 Å². The summed E-state index contributed by atoms with van der Waals surface area (Å²) in [6.45, 7) is 3.51. The molecule has 11 nitrogen and oxygen atoms in total. The van der Waals surface area contributed by atoms with Crippen LogP contribution in [-0.2, 0) is 14.3 Å². The average molecular weight is 548 g/mol. The first kappa shape index (κ1) is 26.4. The molecule has 1 saturated heterocycles. The van der Waals surface area contributed by atoms with Crippen molar-refractivity contribution in [3.05, 3.63) is 48.9 Å².